The highest BCUT2D eigenvalue weighted by molar-refractivity contribution is 8.03. The summed E-state index contributed by atoms with van der Waals surface area (Å²) in [5, 5.41) is 10.1. The van der Waals surface area contributed by atoms with E-state index in [1.54, 1.807) is 6.92 Å². The number of ether oxygens (including phenoxy) is 4. The molecular weight excluding hydrogens is 400 g/mol. The summed E-state index contributed by atoms with van der Waals surface area (Å²) in [6.45, 7) is 1.65. The summed E-state index contributed by atoms with van der Waals surface area (Å²) in [5.74, 6) is -3.02. The largest absolute Gasteiger partial charge is 0.501 e. The van der Waals surface area contributed by atoms with Crippen molar-refractivity contribution in [1.29, 1.82) is 0 Å². The van der Waals surface area contributed by atoms with Crippen molar-refractivity contribution in [3.63, 3.8) is 0 Å². The molecule has 0 radical (unpaired) electrons. The smallest absolute Gasteiger partial charge is 0.375 e. The monoisotopic (exact) mass is 422 g/mol. The summed E-state index contributed by atoms with van der Waals surface area (Å²) in [7, 11) is 2.51. The molecule has 1 N–H and O–H groups in total. The SMILES string of the molecule is CCOC(=O)C1(CSCCC(=O)OC)OC(=O)C(O)=C1SCCC(=O)OC. The van der Waals surface area contributed by atoms with E-state index >= 15 is 0 Å². The Kier molecular flexibility index (Phi) is 9.50. The zero-order valence-electron chi connectivity index (χ0n) is 15.3. The van der Waals surface area contributed by atoms with Crippen LogP contribution in [0, 0.1) is 0 Å². The molecule has 1 aliphatic heterocycles. The zero-order valence-corrected chi connectivity index (χ0v) is 16.9. The Morgan fingerprint density at radius 1 is 1.11 bits per heavy atom. The van der Waals surface area contributed by atoms with Gasteiger partial charge in [-0.25, -0.2) is 9.59 Å². The minimum absolute atomic E-state index is 0.0135. The highest BCUT2D eigenvalue weighted by Crippen LogP contribution is 2.43. The van der Waals surface area contributed by atoms with Crippen LogP contribution in [0.4, 0.5) is 0 Å². The Morgan fingerprint density at radius 3 is 2.26 bits per heavy atom. The molecule has 27 heavy (non-hydrogen) atoms. The lowest BCUT2D eigenvalue weighted by atomic mass is 10.1. The standard InChI is InChI=1S/C16H22O9S2/c1-4-24-15(21)16(9-26-7-5-10(17)22-2)13(12(19)14(20)25-16)27-8-6-11(18)23-3/h19H,4-9H2,1-3H3. The maximum absolute atomic E-state index is 12.6. The molecule has 1 aliphatic rings. The van der Waals surface area contributed by atoms with Crippen LogP contribution in [0.2, 0.25) is 0 Å². The van der Waals surface area contributed by atoms with Gasteiger partial charge in [0.2, 0.25) is 5.76 Å². The van der Waals surface area contributed by atoms with Gasteiger partial charge in [-0.1, -0.05) is 0 Å². The fraction of sp³-hybridized carbons (Fsp3) is 0.625. The summed E-state index contributed by atoms with van der Waals surface area (Å²) >= 11 is 2.12. The number of aliphatic hydroxyl groups is 1. The number of rotatable bonds is 11. The third kappa shape index (κ3) is 6.06. The predicted octanol–water partition coefficient (Wildman–Crippen LogP) is 1.21. The number of cyclic esters (lactones) is 1. The lowest BCUT2D eigenvalue weighted by Crippen LogP contribution is -2.45. The molecule has 0 aromatic rings. The molecule has 0 saturated carbocycles. The van der Waals surface area contributed by atoms with Crippen LogP contribution in [0.5, 0.6) is 0 Å². The molecule has 1 atom stereocenters. The number of methoxy groups -OCH3 is 2. The number of thioether (sulfide) groups is 2. The molecule has 9 nitrogen and oxygen atoms in total. The van der Waals surface area contributed by atoms with E-state index in [9.17, 15) is 24.3 Å². The quantitative estimate of drug-likeness (QED) is 0.293. The van der Waals surface area contributed by atoms with Gasteiger partial charge in [0.05, 0.1) is 38.6 Å². The number of carbonyl (C=O) groups excluding carboxylic acids is 4. The van der Waals surface area contributed by atoms with Crippen molar-refractivity contribution in [2.24, 2.45) is 0 Å². The second-order valence-corrected chi connectivity index (χ2v) is 7.38. The van der Waals surface area contributed by atoms with Crippen LogP contribution < -0.4 is 0 Å². The maximum atomic E-state index is 12.6. The number of aliphatic hydroxyl groups excluding tert-OH is 1. The average Bonchev–Trinajstić information content (AvgIpc) is 2.90. The highest BCUT2D eigenvalue weighted by Gasteiger charge is 2.55. The van der Waals surface area contributed by atoms with Gasteiger partial charge in [0.15, 0.2) is 0 Å². The molecule has 0 aromatic heterocycles. The molecule has 0 spiro atoms. The van der Waals surface area contributed by atoms with E-state index in [4.69, 9.17) is 9.47 Å². The zero-order chi connectivity index (χ0) is 20.4. The second kappa shape index (κ2) is 11.1. The first-order chi connectivity index (χ1) is 12.8. The van der Waals surface area contributed by atoms with Crippen molar-refractivity contribution < 1.29 is 43.2 Å². The van der Waals surface area contributed by atoms with Crippen molar-refractivity contribution >= 4 is 47.4 Å². The van der Waals surface area contributed by atoms with Crippen LogP contribution in [0.15, 0.2) is 10.7 Å². The summed E-state index contributed by atoms with van der Waals surface area (Å²) in [4.78, 5) is 47.0. The van der Waals surface area contributed by atoms with Crippen molar-refractivity contribution in [1.82, 2.24) is 0 Å². The predicted molar refractivity (Wildman–Crippen MR) is 98.2 cm³/mol. The summed E-state index contributed by atoms with van der Waals surface area (Å²) in [6, 6.07) is 0. The second-order valence-electron chi connectivity index (χ2n) is 5.17. The first-order valence-electron chi connectivity index (χ1n) is 8.00. The lowest BCUT2D eigenvalue weighted by Gasteiger charge is -2.27. The molecule has 1 unspecified atom stereocenters. The Hall–Kier alpha value is -1.88. The Bertz CT molecular complexity index is 617. The van der Waals surface area contributed by atoms with Gasteiger partial charge in [-0.15, -0.1) is 11.8 Å². The van der Waals surface area contributed by atoms with E-state index in [0.29, 0.717) is 5.75 Å². The van der Waals surface area contributed by atoms with Gasteiger partial charge in [-0.3, -0.25) is 9.59 Å². The van der Waals surface area contributed by atoms with E-state index in [-0.39, 0.29) is 35.9 Å². The van der Waals surface area contributed by atoms with Gasteiger partial charge in [0.1, 0.15) is 0 Å². The van der Waals surface area contributed by atoms with E-state index in [1.165, 1.54) is 26.0 Å². The normalized spacial score (nSPS) is 18.9. The molecule has 0 saturated heterocycles. The van der Waals surface area contributed by atoms with Crippen LogP contribution in [0.25, 0.3) is 0 Å². The van der Waals surface area contributed by atoms with Gasteiger partial charge >= 0.3 is 23.9 Å². The molecular formula is C16H22O9S2. The molecule has 1 heterocycles. The van der Waals surface area contributed by atoms with E-state index < -0.39 is 35.2 Å². The van der Waals surface area contributed by atoms with Gasteiger partial charge in [0.25, 0.3) is 5.60 Å². The highest BCUT2D eigenvalue weighted by atomic mass is 32.2. The Balaban J connectivity index is 2.96. The fourth-order valence-electron chi connectivity index (χ4n) is 2.07. The van der Waals surface area contributed by atoms with Crippen LogP contribution in [0.1, 0.15) is 19.8 Å². The van der Waals surface area contributed by atoms with Gasteiger partial charge in [-0.2, -0.15) is 11.8 Å². The Morgan fingerprint density at radius 2 is 1.70 bits per heavy atom. The fourth-order valence-corrected chi connectivity index (χ4v) is 4.35. The van der Waals surface area contributed by atoms with E-state index in [2.05, 4.69) is 9.47 Å². The van der Waals surface area contributed by atoms with E-state index in [1.807, 2.05) is 0 Å². The van der Waals surface area contributed by atoms with E-state index in [0.717, 1.165) is 11.8 Å². The molecule has 0 aliphatic carbocycles. The van der Waals surface area contributed by atoms with Crippen molar-refractivity contribution in [3.05, 3.63) is 10.7 Å². The molecule has 0 amide bonds. The van der Waals surface area contributed by atoms with Crippen molar-refractivity contribution in [2.45, 2.75) is 25.4 Å². The van der Waals surface area contributed by atoms with Crippen LogP contribution in [-0.2, 0) is 38.1 Å². The molecule has 11 heteroatoms. The Labute approximate surface area is 165 Å². The van der Waals surface area contributed by atoms with Gasteiger partial charge in [0, 0.05) is 17.3 Å². The topological polar surface area (TPSA) is 125 Å². The maximum Gasteiger partial charge on any atom is 0.375 e. The average molecular weight is 422 g/mol. The summed E-state index contributed by atoms with van der Waals surface area (Å²) in [5.41, 5.74) is -1.82. The third-order valence-corrected chi connectivity index (χ3v) is 5.73. The first kappa shape index (κ1) is 23.2. The number of esters is 4. The van der Waals surface area contributed by atoms with Crippen molar-refractivity contribution in [2.75, 3.05) is 38.1 Å². The minimum Gasteiger partial charge on any atom is -0.501 e. The number of hydrogen-bond donors (Lipinski definition) is 1. The summed E-state index contributed by atoms with van der Waals surface area (Å²) in [6.07, 6.45) is 0.120. The lowest BCUT2D eigenvalue weighted by molar-refractivity contribution is -0.169. The molecule has 0 aromatic carbocycles. The minimum atomic E-state index is -1.82. The molecule has 152 valence electrons. The van der Waals surface area contributed by atoms with Gasteiger partial charge in [-0.05, 0) is 6.92 Å². The van der Waals surface area contributed by atoms with Crippen LogP contribution >= 0.6 is 23.5 Å². The van der Waals surface area contributed by atoms with Crippen molar-refractivity contribution in [3.8, 4) is 0 Å². The number of hydrogen-bond acceptors (Lipinski definition) is 11. The molecule has 0 fully saturated rings. The summed E-state index contributed by atoms with van der Waals surface area (Å²) < 4.78 is 19.3. The first-order valence-corrected chi connectivity index (χ1v) is 10.1. The number of carbonyl (C=O) groups is 4. The molecule has 0 bridgehead atoms. The van der Waals surface area contributed by atoms with Crippen LogP contribution in [0.3, 0.4) is 0 Å². The van der Waals surface area contributed by atoms with Gasteiger partial charge < -0.3 is 24.1 Å². The third-order valence-electron chi connectivity index (χ3n) is 3.41. The van der Waals surface area contributed by atoms with Crippen LogP contribution in [-0.4, -0.2) is 72.7 Å². The molecule has 1 rings (SSSR count).